The lowest BCUT2D eigenvalue weighted by molar-refractivity contribution is 0.102. The van der Waals surface area contributed by atoms with Crippen LogP contribution in [0.2, 0.25) is 0 Å². The van der Waals surface area contributed by atoms with E-state index in [2.05, 4.69) is 15.3 Å². The number of fused-ring (bicyclic) bond motifs is 1. The van der Waals surface area contributed by atoms with Gasteiger partial charge in [0.2, 0.25) is 0 Å². The molecule has 2 N–H and O–H groups in total. The third-order valence-corrected chi connectivity index (χ3v) is 5.55. The van der Waals surface area contributed by atoms with Crippen LogP contribution in [0.15, 0.2) is 34.7 Å². The number of carbonyl (C=O) groups is 1. The minimum atomic E-state index is -0.312. The summed E-state index contributed by atoms with van der Waals surface area (Å²) in [4.78, 5) is 21.5. The van der Waals surface area contributed by atoms with E-state index < -0.39 is 0 Å². The molecule has 0 bridgehead atoms. The fourth-order valence-corrected chi connectivity index (χ4v) is 3.86. The van der Waals surface area contributed by atoms with Crippen LogP contribution in [0.5, 0.6) is 5.75 Å². The Kier molecular flexibility index (Phi) is 5.49. The van der Waals surface area contributed by atoms with Crippen LogP contribution in [0.1, 0.15) is 53.7 Å². The van der Waals surface area contributed by atoms with E-state index >= 15 is 0 Å². The Labute approximate surface area is 169 Å². The standard InChI is InChI=1S/C22H25N3O4/c1-13-4-3-5-16(23-13)21(27)24-17-11-20-18(10-19(17)28-2)25-22(29-20)15-8-6-14(12-26)7-9-15/h3-5,10-11,14-15,26H,6-9,12H2,1-2H3,(H,24,27)/t14-,15-. The van der Waals surface area contributed by atoms with Gasteiger partial charge in [-0.1, -0.05) is 6.07 Å². The van der Waals surface area contributed by atoms with Crippen molar-refractivity contribution in [1.82, 2.24) is 9.97 Å². The quantitative estimate of drug-likeness (QED) is 0.676. The average Bonchev–Trinajstić information content (AvgIpc) is 3.16. The molecule has 0 radical (unpaired) electrons. The molecule has 4 rings (SSSR count). The van der Waals surface area contributed by atoms with Gasteiger partial charge in [-0.05, 0) is 50.7 Å². The predicted molar refractivity (Wildman–Crippen MR) is 109 cm³/mol. The van der Waals surface area contributed by atoms with E-state index in [9.17, 15) is 9.90 Å². The molecule has 7 heteroatoms. The summed E-state index contributed by atoms with van der Waals surface area (Å²) in [5, 5.41) is 12.2. The number of hydrogen-bond donors (Lipinski definition) is 2. The van der Waals surface area contributed by atoms with Gasteiger partial charge in [-0.2, -0.15) is 0 Å². The second-order valence-corrected chi connectivity index (χ2v) is 7.59. The van der Waals surface area contributed by atoms with Gasteiger partial charge in [0.05, 0.1) is 12.8 Å². The van der Waals surface area contributed by atoms with Crippen molar-refractivity contribution in [3.8, 4) is 5.75 Å². The van der Waals surface area contributed by atoms with E-state index in [1.165, 1.54) is 0 Å². The van der Waals surface area contributed by atoms with Gasteiger partial charge in [0.1, 0.15) is 17.0 Å². The number of nitrogens with zero attached hydrogens (tertiary/aromatic N) is 2. The molecule has 1 saturated carbocycles. The van der Waals surface area contributed by atoms with E-state index in [-0.39, 0.29) is 18.4 Å². The number of anilines is 1. The number of amides is 1. The maximum atomic E-state index is 12.6. The third kappa shape index (κ3) is 4.10. The maximum absolute atomic E-state index is 12.6. The van der Waals surface area contributed by atoms with Crippen molar-refractivity contribution in [2.75, 3.05) is 19.0 Å². The van der Waals surface area contributed by atoms with Crippen LogP contribution in [0.25, 0.3) is 11.1 Å². The molecule has 1 amide bonds. The summed E-state index contributed by atoms with van der Waals surface area (Å²) in [6, 6.07) is 8.83. The monoisotopic (exact) mass is 395 g/mol. The molecule has 1 aliphatic rings. The third-order valence-electron chi connectivity index (χ3n) is 5.55. The molecule has 1 aliphatic carbocycles. The Morgan fingerprint density at radius 2 is 2.03 bits per heavy atom. The summed E-state index contributed by atoms with van der Waals surface area (Å²) in [5.74, 6) is 1.55. The molecule has 152 valence electrons. The second-order valence-electron chi connectivity index (χ2n) is 7.59. The molecule has 1 fully saturated rings. The van der Waals surface area contributed by atoms with Gasteiger partial charge < -0.3 is 19.6 Å². The molecule has 29 heavy (non-hydrogen) atoms. The first-order valence-electron chi connectivity index (χ1n) is 9.91. The number of ether oxygens (including phenoxy) is 1. The van der Waals surface area contributed by atoms with Gasteiger partial charge in [-0.3, -0.25) is 4.79 Å². The highest BCUT2D eigenvalue weighted by atomic mass is 16.5. The maximum Gasteiger partial charge on any atom is 0.274 e. The van der Waals surface area contributed by atoms with E-state index in [1.807, 2.05) is 13.0 Å². The van der Waals surface area contributed by atoms with Gasteiger partial charge in [-0.25, -0.2) is 9.97 Å². The summed E-state index contributed by atoms with van der Waals surface area (Å²) < 4.78 is 11.5. The SMILES string of the molecule is COc1cc2nc([C@H]3CC[C@H](CO)CC3)oc2cc1NC(=O)c1cccc(C)n1. The fraction of sp³-hybridized carbons (Fsp3) is 0.409. The highest BCUT2D eigenvalue weighted by molar-refractivity contribution is 6.04. The van der Waals surface area contributed by atoms with Crippen molar-refractivity contribution in [3.05, 3.63) is 47.6 Å². The van der Waals surface area contributed by atoms with Gasteiger partial charge in [0, 0.05) is 30.4 Å². The van der Waals surface area contributed by atoms with Gasteiger partial charge >= 0.3 is 0 Å². The normalized spacial score (nSPS) is 19.3. The number of hydrogen-bond acceptors (Lipinski definition) is 6. The summed E-state index contributed by atoms with van der Waals surface area (Å²) >= 11 is 0. The highest BCUT2D eigenvalue weighted by Gasteiger charge is 2.26. The molecule has 0 unspecified atom stereocenters. The van der Waals surface area contributed by atoms with E-state index in [1.54, 1.807) is 31.4 Å². The van der Waals surface area contributed by atoms with Crippen LogP contribution in [-0.4, -0.2) is 34.7 Å². The predicted octanol–water partition coefficient (Wildman–Crippen LogP) is 4.06. The number of aliphatic hydroxyl groups excluding tert-OH is 1. The largest absolute Gasteiger partial charge is 0.494 e. The van der Waals surface area contributed by atoms with E-state index in [4.69, 9.17) is 9.15 Å². The van der Waals surface area contributed by atoms with Crippen LogP contribution in [0.4, 0.5) is 5.69 Å². The Bertz CT molecular complexity index is 1020. The minimum Gasteiger partial charge on any atom is -0.494 e. The molecule has 0 spiro atoms. The van der Waals surface area contributed by atoms with Crippen molar-refractivity contribution in [3.63, 3.8) is 0 Å². The first kappa shape index (κ1) is 19.4. The number of aryl methyl sites for hydroxylation is 1. The summed E-state index contributed by atoms with van der Waals surface area (Å²) in [5.41, 5.74) is 2.94. The van der Waals surface area contributed by atoms with Gasteiger partial charge in [0.25, 0.3) is 5.91 Å². The van der Waals surface area contributed by atoms with Gasteiger partial charge in [0.15, 0.2) is 11.5 Å². The van der Waals surface area contributed by atoms with Crippen LogP contribution in [0, 0.1) is 12.8 Å². The zero-order valence-electron chi connectivity index (χ0n) is 16.6. The lowest BCUT2D eigenvalue weighted by Gasteiger charge is -2.24. The number of oxazole rings is 1. The van der Waals surface area contributed by atoms with E-state index in [0.29, 0.717) is 40.0 Å². The van der Waals surface area contributed by atoms with Crippen molar-refractivity contribution < 1.29 is 19.1 Å². The van der Waals surface area contributed by atoms with Crippen LogP contribution in [0.3, 0.4) is 0 Å². The number of nitrogens with one attached hydrogen (secondary N) is 1. The van der Waals surface area contributed by atoms with E-state index in [0.717, 1.165) is 31.4 Å². The number of aliphatic hydroxyl groups is 1. The first-order valence-corrected chi connectivity index (χ1v) is 9.91. The number of pyridine rings is 1. The topological polar surface area (TPSA) is 97.5 Å². The van der Waals surface area contributed by atoms with Crippen molar-refractivity contribution in [2.24, 2.45) is 5.92 Å². The first-order chi connectivity index (χ1) is 14.1. The fourth-order valence-electron chi connectivity index (χ4n) is 3.86. The Morgan fingerprint density at radius 1 is 1.24 bits per heavy atom. The van der Waals surface area contributed by atoms with Gasteiger partial charge in [-0.15, -0.1) is 0 Å². The van der Waals surface area contributed by atoms with Crippen LogP contribution >= 0.6 is 0 Å². The molecule has 0 aliphatic heterocycles. The van der Waals surface area contributed by atoms with Crippen LogP contribution in [-0.2, 0) is 0 Å². The lowest BCUT2D eigenvalue weighted by atomic mass is 9.82. The Morgan fingerprint density at radius 3 is 2.72 bits per heavy atom. The minimum absolute atomic E-state index is 0.246. The second kappa shape index (κ2) is 8.21. The number of methoxy groups -OCH3 is 1. The highest BCUT2D eigenvalue weighted by Crippen LogP contribution is 2.38. The zero-order valence-corrected chi connectivity index (χ0v) is 16.6. The zero-order chi connectivity index (χ0) is 20.4. The molecule has 1 aromatic carbocycles. The molecule has 2 aromatic heterocycles. The Balaban J connectivity index is 1.59. The lowest BCUT2D eigenvalue weighted by Crippen LogP contribution is -2.16. The van der Waals surface area contributed by atoms with Crippen molar-refractivity contribution >= 4 is 22.7 Å². The number of benzene rings is 1. The molecule has 0 saturated heterocycles. The van der Waals surface area contributed by atoms with Crippen LogP contribution < -0.4 is 10.1 Å². The molecular formula is C22H25N3O4. The summed E-state index contributed by atoms with van der Waals surface area (Å²) in [7, 11) is 1.55. The van der Waals surface area contributed by atoms with Crippen molar-refractivity contribution in [2.45, 2.75) is 38.5 Å². The molecule has 2 heterocycles. The molecule has 3 aromatic rings. The Hall–Kier alpha value is -2.93. The molecular weight excluding hydrogens is 370 g/mol. The summed E-state index contributed by atoms with van der Waals surface area (Å²) in [6.07, 6.45) is 3.87. The molecule has 7 nitrogen and oxygen atoms in total. The number of aromatic nitrogens is 2. The number of carbonyl (C=O) groups excluding carboxylic acids is 1. The summed E-state index contributed by atoms with van der Waals surface area (Å²) in [6.45, 7) is 2.09. The average molecular weight is 395 g/mol. The number of rotatable bonds is 5. The smallest absolute Gasteiger partial charge is 0.274 e. The molecule has 0 atom stereocenters. The van der Waals surface area contributed by atoms with Crippen molar-refractivity contribution in [1.29, 1.82) is 0 Å².